The number of aromatic amines is 1. The van der Waals surface area contributed by atoms with Crippen LogP contribution in [0, 0.1) is 0 Å². The van der Waals surface area contributed by atoms with Crippen LogP contribution in [0.15, 0.2) is 41.2 Å². The van der Waals surface area contributed by atoms with Gasteiger partial charge in [-0.1, -0.05) is 30.3 Å². The molecule has 36 heavy (non-hydrogen) atoms. The number of carbonyl (C=O) groups is 1. The number of ether oxygens (including phenoxy) is 1. The third-order valence-corrected chi connectivity index (χ3v) is 6.84. The molecule has 2 aromatic carbocycles. The monoisotopic (exact) mass is 488 g/mol. The van der Waals surface area contributed by atoms with Crippen LogP contribution in [-0.4, -0.2) is 54.3 Å². The molecule has 2 aromatic heterocycles. The highest BCUT2D eigenvalue weighted by Crippen LogP contribution is 2.43. The number of carbonyl (C=O) groups excluding carboxylic acids is 1. The van der Waals surface area contributed by atoms with Crippen LogP contribution in [0.5, 0.6) is 0 Å². The number of fused-ring (bicyclic) bond motifs is 4. The molecule has 1 aliphatic carbocycles. The second kappa shape index (κ2) is 8.26. The largest absolute Gasteiger partial charge is 0.394 e. The third-order valence-electron chi connectivity index (χ3n) is 6.84. The molecule has 11 heteroatoms. The van der Waals surface area contributed by atoms with Gasteiger partial charge in [0, 0.05) is 18.4 Å². The fourth-order valence-electron chi connectivity index (χ4n) is 5.16. The first-order valence-corrected chi connectivity index (χ1v) is 11.6. The minimum atomic E-state index is -0.923. The first-order valence-electron chi connectivity index (χ1n) is 11.6. The van der Waals surface area contributed by atoms with E-state index >= 15 is 0 Å². The third kappa shape index (κ3) is 3.40. The molecular weight excluding hydrogens is 464 g/mol. The highest BCUT2D eigenvalue weighted by atomic mass is 16.5. The van der Waals surface area contributed by atoms with Gasteiger partial charge in [-0.3, -0.25) is 19.1 Å². The van der Waals surface area contributed by atoms with Gasteiger partial charge in [0.25, 0.3) is 5.56 Å². The van der Waals surface area contributed by atoms with Gasteiger partial charge in [0.15, 0.2) is 16.9 Å². The molecule has 1 aliphatic heterocycles. The van der Waals surface area contributed by atoms with Crippen LogP contribution in [0.25, 0.3) is 22.3 Å². The summed E-state index contributed by atoms with van der Waals surface area (Å²) in [6, 6.07) is 11.8. The van der Waals surface area contributed by atoms with Crippen LogP contribution in [-0.2, 0) is 11.2 Å². The molecule has 11 nitrogen and oxygen atoms in total. The molecular formula is C25H24N6O5. The summed E-state index contributed by atoms with van der Waals surface area (Å²) in [4.78, 5) is 36.5. The summed E-state index contributed by atoms with van der Waals surface area (Å²) in [5.74, 6) is -0.0267. The molecule has 1 fully saturated rings. The Morgan fingerprint density at radius 2 is 2.06 bits per heavy atom. The van der Waals surface area contributed by atoms with E-state index in [-0.39, 0.29) is 41.9 Å². The number of nitrogen functional groups attached to an aromatic ring is 1. The van der Waals surface area contributed by atoms with E-state index in [0.29, 0.717) is 17.7 Å². The first-order chi connectivity index (χ1) is 17.4. The van der Waals surface area contributed by atoms with Crippen LogP contribution in [0.1, 0.15) is 41.1 Å². The average molecular weight is 489 g/mol. The number of H-pyrrole nitrogens is 1. The quantitative estimate of drug-likeness (QED) is 0.232. The fourth-order valence-corrected chi connectivity index (χ4v) is 5.16. The maximum atomic E-state index is 12.7. The second-order valence-electron chi connectivity index (χ2n) is 9.07. The van der Waals surface area contributed by atoms with E-state index in [4.69, 9.17) is 10.5 Å². The number of hydrogen-bond donors (Lipinski definition) is 5. The second-order valence-corrected chi connectivity index (χ2v) is 9.07. The number of aromatic nitrogens is 4. The van der Waals surface area contributed by atoms with Crippen LogP contribution < -0.4 is 16.6 Å². The van der Waals surface area contributed by atoms with Gasteiger partial charge in [-0.2, -0.15) is 4.98 Å². The van der Waals surface area contributed by atoms with Crippen LogP contribution in [0.4, 0.5) is 17.6 Å². The zero-order chi connectivity index (χ0) is 25.1. The molecule has 0 unspecified atom stereocenters. The lowest BCUT2D eigenvalue weighted by molar-refractivity contribution is -0.0425. The predicted octanol–water partition coefficient (Wildman–Crippen LogP) is 1.86. The van der Waals surface area contributed by atoms with E-state index in [1.54, 1.807) is 10.6 Å². The zero-order valence-corrected chi connectivity index (χ0v) is 19.4. The predicted molar refractivity (Wildman–Crippen MR) is 132 cm³/mol. The SMILES string of the molecule is CC(=O)c1ccc2c(c1Nc1nc3c(=O)[nH]c(N)nc3n1[C@H]1C[C@H](O)[C@@H](CO)O1)Cc1ccccc1-2. The molecule has 0 saturated carbocycles. The van der Waals surface area contributed by atoms with Crippen molar-refractivity contribution >= 4 is 34.5 Å². The van der Waals surface area contributed by atoms with Crippen LogP contribution in [0.3, 0.4) is 0 Å². The lowest BCUT2D eigenvalue weighted by atomic mass is 9.99. The van der Waals surface area contributed by atoms with Crippen LogP contribution in [0.2, 0.25) is 0 Å². The highest BCUT2D eigenvalue weighted by molar-refractivity contribution is 6.03. The van der Waals surface area contributed by atoms with E-state index in [1.165, 1.54) is 6.92 Å². The number of nitrogens with two attached hydrogens (primary N) is 1. The van der Waals surface area contributed by atoms with Crippen molar-refractivity contribution in [2.45, 2.75) is 38.2 Å². The van der Waals surface area contributed by atoms with Gasteiger partial charge >= 0.3 is 0 Å². The molecule has 0 spiro atoms. The maximum Gasteiger partial charge on any atom is 0.280 e. The van der Waals surface area contributed by atoms with Gasteiger partial charge in [-0.15, -0.1) is 0 Å². The van der Waals surface area contributed by atoms with Crippen molar-refractivity contribution in [1.29, 1.82) is 0 Å². The number of nitrogens with zero attached hydrogens (tertiary/aromatic N) is 3. The summed E-state index contributed by atoms with van der Waals surface area (Å²) >= 11 is 0. The minimum Gasteiger partial charge on any atom is -0.394 e. The number of benzene rings is 2. The molecule has 6 N–H and O–H groups in total. The molecule has 0 radical (unpaired) electrons. The molecule has 2 aliphatic rings. The standard InChI is InChI=1S/C25H24N6O5/c1-11(33)13-6-7-15-14-5-3-2-4-12(14)8-16(15)20(13)27-25-28-21-22(29-24(26)30-23(21)35)31(25)19-9-17(34)18(10-32)36-19/h2-7,17-19,32,34H,8-10H2,1H3,(H,27,28)(H3,26,29,30,35)/t17-,18+,19+/m0/s1. The Kier molecular flexibility index (Phi) is 5.14. The Bertz CT molecular complexity index is 1590. The van der Waals surface area contributed by atoms with E-state index in [0.717, 1.165) is 22.3 Å². The zero-order valence-electron chi connectivity index (χ0n) is 19.4. The van der Waals surface area contributed by atoms with Gasteiger partial charge in [0.05, 0.1) is 18.4 Å². The number of rotatable bonds is 5. The molecule has 3 atom stereocenters. The normalized spacial score (nSPS) is 20.5. The number of hydrogen-bond acceptors (Lipinski definition) is 9. The van der Waals surface area contributed by atoms with Gasteiger partial charge < -0.3 is 26.0 Å². The topological polar surface area (TPSA) is 168 Å². The van der Waals surface area contributed by atoms with E-state index in [2.05, 4.69) is 26.3 Å². The molecule has 184 valence electrons. The average Bonchev–Trinajstić information content (AvgIpc) is 3.51. The van der Waals surface area contributed by atoms with Crippen molar-refractivity contribution in [3.63, 3.8) is 0 Å². The first kappa shape index (κ1) is 22.4. The molecule has 6 rings (SSSR count). The number of aliphatic hydroxyl groups excluding tert-OH is 2. The molecule has 4 aromatic rings. The molecule has 1 saturated heterocycles. The van der Waals surface area contributed by atoms with Crippen molar-refractivity contribution in [2.75, 3.05) is 17.7 Å². The minimum absolute atomic E-state index is 0.0254. The molecule has 3 heterocycles. The van der Waals surface area contributed by atoms with E-state index < -0.39 is 24.0 Å². The fraction of sp³-hybridized carbons (Fsp3) is 0.280. The van der Waals surface area contributed by atoms with Crippen LogP contribution >= 0.6 is 0 Å². The van der Waals surface area contributed by atoms with Crippen molar-refractivity contribution in [3.05, 3.63) is 63.4 Å². The van der Waals surface area contributed by atoms with Gasteiger partial charge in [-0.25, -0.2) is 4.98 Å². The summed E-state index contributed by atoms with van der Waals surface area (Å²) < 4.78 is 7.42. The Labute approximate surface area is 204 Å². The molecule has 0 amide bonds. The summed E-state index contributed by atoms with van der Waals surface area (Å²) in [6.07, 6.45) is -1.76. The number of aliphatic hydroxyl groups is 2. The van der Waals surface area contributed by atoms with Crippen molar-refractivity contribution < 1.29 is 19.7 Å². The van der Waals surface area contributed by atoms with Crippen molar-refractivity contribution in [3.8, 4) is 11.1 Å². The number of Topliss-reactive ketones (excluding diaryl/α,β-unsaturated/α-hetero) is 1. The Morgan fingerprint density at radius 3 is 2.81 bits per heavy atom. The molecule has 0 bridgehead atoms. The lowest BCUT2D eigenvalue weighted by Gasteiger charge is -2.19. The Morgan fingerprint density at radius 1 is 1.25 bits per heavy atom. The Balaban J connectivity index is 1.54. The number of ketones is 1. The summed E-state index contributed by atoms with van der Waals surface area (Å²) in [5, 5.41) is 23.3. The van der Waals surface area contributed by atoms with E-state index in [1.807, 2.05) is 24.3 Å². The van der Waals surface area contributed by atoms with Gasteiger partial charge in [0.1, 0.15) is 12.3 Å². The summed E-state index contributed by atoms with van der Waals surface area (Å²) in [7, 11) is 0. The smallest absolute Gasteiger partial charge is 0.280 e. The summed E-state index contributed by atoms with van der Waals surface area (Å²) in [6.45, 7) is 1.12. The summed E-state index contributed by atoms with van der Waals surface area (Å²) in [5.41, 5.74) is 10.7. The van der Waals surface area contributed by atoms with Crippen molar-refractivity contribution in [1.82, 2.24) is 19.5 Å². The highest BCUT2D eigenvalue weighted by Gasteiger charge is 2.37. The van der Waals surface area contributed by atoms with Gasteiger partial charge in [0.2, 0.25) is 11.9 Å². The van der Waals surface area contributed by atoms with Crippen molar-refractivity contribution in [2.24, 2.45) is 0 Å². The Hall–Kier alpha value is -4.06. The number of anilines is 3. The number of nitrogens with one attached hydrogen (secondary N) is 2. The maximum absolute atomic E-state index is 12.7. The van der Waals surface area contributed by atoms with E-state index in [9.17, 15) is 19.8 Å². The number of imidazole rings is 1. The lowest BCUT2D eigenvalue weighted by Crippen LogP contribution is -2.24. The van der Waals surface area contributed by atoms with Gasteiger partial charge in [-0.05, 0) is 35.2 Å².